The van der Waals surface area contributed by atoms with Crippen molar-refractivity contribution in [2.45, 2.75) is 103 Å². The molecule has 2 aliphatic heterocycles. The molecule has 0 radical (unpaired) electrons. The molecule has 344 valence electrons. The summed E-state index contributed by atoms with van der Waals surface area (Å²) in [4.78, 5) is 88.4. The van der Waals surface area contributed by atoms with E-state index in [1.807, 2.05) is 27.7 Å². The number of ketones is 2. The van der Waals surface area contributed by atoms with Crippen LogP contribution in [0.4, 0.5) is 0 Å². The predicted molar refractivity (Wildman–Crippen MR) is 208 cm³/mol. The van der Waals surface area contributed by atoms with Crippen molar-refractivity contribution in [2.24, 2.45) is 57.2 Å². The fraction of sp³-hybridized carbons (Fsp3) is 0.659. The Hall–Kier alpha value is -1.64. The first-order chi connectivity index (χ1) is 29.4. The molecule has 2 aromatic rings. The number of carbonyl (C=O) groups is 7. The molecule has 4 saturated carbocycles. The topological polar surface area (TPSA) is 276 Å². The molecule has 8 rings (SSSR count). The van der Waals surface area contributed by atoms with Crippen LogP contribution in [-0.2, 0) is 57.4 Å². The van der Waals surface area contributed by atoms with E-state index in [1.54, 1.807) is 24.7 Å². The van der Waals surface area contributed by atoms with Gasteiger partial charge < -0.3 is 54.7 Å². The number of hydrogen-bond acceptors (Lipinski definition) is 18. The fourth-order valence-electron chi connectivity index (χ4n) is 12.3. The Morgan fingerprint density at radius 1 is 0.703 bits per heavy atom. The number of carbonyl (C=O) groups excluding carboxylic acids is 7. The molecule has 2 saturated heterocycles. The predicted octanol–water partition coefficient (Wildman–Crippen LogP) is -2.98. The first kappa shape index (κ1) is 56.7. The second-order valence-electron chi connectivity index (χ2n) is 18.1. The molecule has 18 nitrogen and oxygen atoms in total. The quantitative estimate of drug-likeness (QED) is 0.0674. The summed E-state index contributed by atoms with van der Waals surface area (Å²) in [7, 11) is 3.65. The summed E-state index contributed by atoms with van der Waals surface area (Å²) in [6, 6.07) is 3.50. The number of ether oxygens (including phenoxy) is 4. The molecule has 64 heavy (non-hydrogen) atoms. The van der Waals surface area contributed by atoms with E-state index in [0.717, 1.165) is 18.2 Å². The van der Waals surface area contributed by atoms with E-state index in [1.165, 1.54) is 26.7 Å². The van der Waals surface area contributed by atoms with Gasteiger partial charge in [-0.25, -0.2) is 0 Å². The molecule has 0 amide bonds. The fourth-order valence-corrected chi connectivity index (χ4v) is 12.3. The van der Waals surface area contributed by atoms with E-state index in [9.17, 15) is 39.0 Å². The maximum atomic E-state index is 13.2. The molecular weight excluding hydrogens is 895 g/mol. The van der Waals surface area contributed by atoms with Crippen molar-refractivity contribution < 1.29 is 191 Å². The monoisotopic (exact) mass is 952 g/mol. The number of hydrogen-bond donors (Lipinski definition) is 3. The molecule has 4 heterocycles. The third-order valence-electron chi connectivity index (χ3n) is 15.1. The smallest absolute Gasteiger partial charge is 1.00 e. The summed E-state index contributed by atoms with van der Waals surface area (Å²) in [5, 5.41) is 36.4. The summed E-state index contributed by atoms with van der Waals surface area (Å²) < 4.78 is 31.6. The van der Waals surface area contributed by atoms with E-state index in [-0.39, 0.29) is 147 Å². The van der Waals surface area contributed by atoms with E-state index >= 15 is 0 Å². The van der Waals surface area contributed by atoms with Crippen LogP contribution >= 0.6 is 0 Å². The van der Waals surface area contributed by atoms with Crippen molar-refractivity contribution >= 4 is 41.9 Å². The number of methoxy groups -OCH3 is 2. The van der Waals surface area contributed by atoms with E-state index in [2.05, 4.69) is 4.89 Å². The Balaban J connectivity index is 0.000000383. The van der Waals surface area contributed by atoms with Crippen molar-refractivity contribution in [3.05, 3.63) is 48.3 Å². The number of Topliss-reactive ketones (excluding diaryl/α,β-unsaturated/α-hetero) is 2. The van der Waals surface area contributed by atoms with Gasteiger partial charge in [-0.05, 0) is 85.2 Å². The van der Waals surface area contributed by atoms with Gasteiger partial charge in [-0.3, -0.25) is 33.6 Å². The summed E-state index contributed by atoms with van der Waals surface area (Å²) in [5.74, 6) is -5.36. The molecule has 0 spiro atoms. The zero-order valence-electron chi connectivity index (χ0n) is 38.9. The Morgan fingerprint density at radius 3 is 1.33 bits per heavy atom. The number of aliphatic hydroxyl groups is 3. The van der Waals surface area contributed by atoms with Gasteiger partial charge in [0, 0.05) is 30.1 Å². The Kier molecular flexibility index (Phi) is 20.5. The van der Waals surface area contributed by atoms with Gasteiger partial charge in [0.2, 0.25) is 0 Å². The third kappa shape index (κ3) is 10.3. The van der Waals surface area contributed by atoms with Crippen molar-refractivity contribution in [2.75, 3.05) is 21.3 Å². The van der Waals surface area contributed by atoms with Crippen LogP contribution in [-0.4, -0.2) is 90.8 Å². The van der Waals surface area contributed by atoms with Gasteiger partial charge in [0.05, 0.1) is 62.9 Å². The van der Waals surface area contributed by atoms with Gasteiger partial charge in [-0.2, -0.15) is 0 Å². The molecule has 0 aromatic carbocycles. The van der Waals surface area contributed by atoms with Crippen molar-refractivity contribution in [3.63, 3.8) is 0 Å². The maximum Gasteiger partial charge on any atom is 1.00 e. The average Bonchev–Trinajstić information content (AvgIpc) is 4.00. The van der Waals surface area contributed by atoms with E-state index in [0.29, 0.717) is 38.5 Å². The van der Waals surface area contributed by atoms with Crippen LogP contribution in [0.5, 0.6) is 0 Å². The maximum absolute atomic E-state index is 13.2. The number of aliphatic hydroxyl groups excluding tert-OH is 3. The molecule has 20 heteroatoms. The average molecular weight is 953 g/mol. The summed E-state index contributed by atoms with van der Waals surface area (Å²) >= 11 is 0. The SMILES string of the molecule is CO.COC(=O)C1C[C@H](O)C(=O)C2[C@@]1(C)CC[C@@H]1C(=O)O[C@H](c3ccoc3)C[C@]21C.COC(=O)C1C[C@H](O)C(=O)C2[C@@]1(C)CC[C@H]1C(=O)O[C@H](c3ccoc3)C[C@]21C.O=CO[O-].[H-].[K+].[K+]. The molecule has 3 N–H and O–H groups in total. The molecule has 0 bridgehead atoms. The zero-order valence-corrected chi connectivity index (χ0v) is 44.2. The van der Waals surface area contributed by atoms with Crippen LogP contribution in [0, 0.1) is 57.2 Å². The molecule has 4 aliphatic carbocycles. The number of rotatable bonds is 5. The van der Waals surface area contributed by atoms with Gasteiger partial charge in [0.1, 0.15) is 24.4 Å². The Bertz CT molecular complexity index is 1830. The van der Waals surface area contributed by atoms with Crippen molar-refractivity contribution in [3.8, 4) is 0 Å². The summed E-state index contributed by atoms with van der Waals surface area (Å²) in [6.45, 7) is 7.53. The third-order valence-corrected chi connectivity index (χ3v) is 15.1. The van der Waals surface area contributed by atoms with Crippen LogP contribution in [0.3, 0.4) is 0 Å². The minimum Gasteiger partial charge on any atom is -1.00 e. The summed E-state index contributed by atoms with van der Waals surface area (Å²) in [5.41, 5.74) is -1.31. The minimum absolute atomic E-state index is 0. The van der Waals surface area contributed by atoms with Gasteiger partial charge in [-0.1, -0.05) is 27.7 Å². The van der Waals surface area contributed by atoms with Gasteiger partial charge in [0.25, 0.3) is 6.47 Å². The van der Waals surface area contributed by atoms with Crippen LogP contribution in [0.2, 0.25) is 0 Å². The molecule has 6 aliphatic rings. The van der Waals surface area contributed by atoms with Crippen LogP contribution in [0.1, 0.15) is 104 Å². The summed E-state index contributed by atoms with van der Waals surface area (Å²) in [6.07, 6.45) is 5.77. The largest absolute Gasteiger partial charge is 1.00 e. The number of esters is 4. The number of fused-ring (bicyclic) bond motifs is 6. The molecular formula is C44H58K2O18. The Morgan fingerprint density at radius 2 is 1.05 bits per heavy atom. The van der Waals surface area contributed by atoms with Crippen molar-refractivity contribution in [1.82, 2.24) is 0 Å². The van der Waals surface area contributed by atoms with Gasteiger partial charge in [-0.15, -0.1) is 0 Å². The molecule has 14 atom stereocenters. The normalized spacial score (nSPS) is 38.0. The molecule has 6 fully saturated rings. The van der Waals surface area contributed by atoms with E-state index < -0.39 is 93.5 Å². The van der Waals surface area contributed by atoms with Gasteiger partial charge >= 0.3 is 127 Å². The first-order valence-electron chi connectivity index (χ1n) is 20.6. The van der Waals surface area contributed by atoms with Gasteiger partial charge in [0.15, 0.2) is 11.6 Å². The molecule has 4 unspecified atom stereocenters. The Labute approximate surface area is 457 Å². The van der Waals surface area contributed by atoms with Crippen LogP contribution < -0.4 is 108 Å². The van der Waals surface area contributed by atoms with E-state index in [4.69, 9.17) is 42.9 Å². The second kappa shape index (κ2) is 23.1. The van der Waals surface area contributed by atoms with Crippen LogP contribution in [0.15, 0.2) is 46.0 Å². The number of cyclic esters (lactones) is 2. The van der Waals surface area contributed by atoms with Crippen LogP contribution in [0.25, 0.3) is 0 Å². The zero-order chi connectivity index (χ0) is 45.9. The standard InChI is InChI=1S/2C21H26O7.CH2O3.CH4O.2K.H/c2*1-20-6-4-12-19(25)28-15(11-5-7-27-10-11)9-21(12,2)17(20)16(23)14(22)8-13(20)18(24)26-3;2-1-4-3;1-2;;;/h2*5,7,10,12-15,17,22H,4,6,8-9H2,1-3H3;1,3H;2H,1H3;;;/q;;;;2*+1;-1/p-1/t12-,13?,14+,15+,17?,20+,21+;12-,13?,14-,15-,17?,20-,21-;;;;;/m10...../s1. The molecule has 2 aromatic heterocycles. The second-order valence-corrected chi connectivity index (χ2v) is 18.1. The number of furan rings is 2. The minimum atomic E-state index is -1.23. The first-order valence-corrected chi connectivity index (χ1v) is 20.6. The van der Waals surface area contributed by atoms with Crippen molar-refractivity contribution in [1.29, 1.82) is 0 Å².